The summed E-state index contributed by atoms with van der Waals surface area (Å²) in [5.74, 6) is 1.99. The Morgan fingerprint density at radius 1 is 1.21 bits per heavy atom. The fourth-order valence-electron chi connectivity index (χ4n) is 4.78. The molecule has 0 aliphatic carbocycles. The summed E-state index contributed by atoms with van der Waals surface area (Å²) in [4.78, 5) is 15.1. The van der Waals surface area contributed by atoms with Crippen molar-refractivity contribution in [2.24, 2.45) is 0 Å². The van der Waals surface area contributed by atoms with E-state index in [2.05, 4.69) is 21.6 Å². The van der Waals surface area contributed by atoms with Crippen molar-refractivity contribution in [3.8, 4) is 0 Å². The molecule has 2 aromatic rings. The van der Waals surface area contributed by atoms with Crippen LogP contribution < -0.4 is 10.6 Å². The van der Waals surface area contributed by atoms with Gasteiger partial charge in [-0.15, -0.1) is 0 Å². The van der Waals surface area contributed by atoms with E-state index in [1.54, 1.807) is 0 Å². The minimum atomic E-state index is -0.351. The summed E-state index contributed by atoms with van der Waals surface area (Å²) in [6, 6.07) is 12.6. The Bertz CT molecular complexity index is 814. The van der Waals surface area contributed by atoms with Crippen molar-refractivity contribution in [1.29, 1.82) is 0 Å². The van der Waals surface area contributed by atoms with Gasteiger partial charge in [-0.05, 0) is 44.0 Å². The van der Waals surface area contributed by atoms with E-state index in [1.165, 1.54) is 6.42 Å². The number of aryl methyl sites for hydroxylation is 1. The van der Waals surface area contributed by atoms with Gasteiger partial charge in [0.15, 0.2) is 0 Å². The number of fused-ring (bicyclic) bond motifs is 4. The molecule has 2 bridgehead atoms. The molecular weight excluding hydrogens is 302 g/mol. The number of amides is 1. The number of anilines is 1. The number of hydrogen-bond donors (Lipinski definition) is 2. The van der Waals surface area contributed by atoms with Crippen molar-refractivity contribution < 1.29 is 9.21 Å². The number of hydrogen-bond acceptors (Lipinski definition) is 4. The average Bonchev–Trinajstić information content (AvgIpc) is 3.22. The zero-order chi connectivity index (χ0) is 16.3. The van der Waals surface area contributed by atoms with Crippen LogP contribution in [0.3, 0.4) is 0 Å². The van der Waals surface area contributed by atoms with Gasteiger partial charge in [-0.3, -0.25) is 9.69 Å². The predicted octanol–water partition coefficient (Wildman–Crippen LogP) is 2.88. The number of benzene rings is 1. The van der Waals surface area contributed by atoms with Crippen LogP contribution in [0, 0.1) is 6.92 Å². The highest BCUT2D eigenvalue weighted by Gasteiger charge is 2.58. The number of carbonyl (C=O) groups is 1. The second-order valence-corrected chi connectivity index (χ2v) is 7.23. The molecule has 1 aromatic carbocycles. The van der Waals surface area contributed by atoms with Crippen molar-refractivity contribution in [2.75, 3.05) is 5.32 Å². The molecule has 0 radical (unpaired) electrons. The number of para-hydroxylation sites is 1. The second-order valence-electron chi connectivity index (χ2n) is 7.23. The Morgan fingerprint density at radius 3 is 2.92 bits per heavy atom. The SMILES string of the molecule is Cc1ccc(CN2[C@@H]3CC[C@@H]2[C@]2(C3)NC(=O)c3ccccc3N2)o1. The van der Waals surface area contributed by atoms with E-state index < -0.39 is 0 Å². The first-order valence-electron chi connectivity index (χ1n) is 8.65. The first-order valence-corrected chi connectivity index (χ1v) is 8.65. The molecule has 3 atom stereocenters. The number of nitrogens with zero attached hydrogens (tertiary/aromatic N) is 1. The summed E-state index contributed by atoms with van der Waals surface area (Å²) in [6.07, 6.45) is 3.22. The minimum absolute atomic E-state index is 0.0330. The normalized spacial score (nSPS) is 31.1. The largest absolute Gasteiger partial charge is 0.465 e. The molecule has 4 heterocycles. The van der Waals surface area contributed by atoms with E-state index in [1.807, 2.05) is 37.3 Å². The number of carbonyl (C=O) groups excluding carboxylic acids is 1. The Kier molecular flexibility index (Phi) is 2.86. The first-order chi connectivity index (χ1) is 11.6. The fraction of sp³-hybridized carbons (Fsp3) is 0.421. The van der Waals surface area contributed by atoms with E-state index >= 15 is 0 Å². The van der Waals surface area contributed by atoms with E-state index in [0.717, 1.165) is 42.2 Å². The number of rotatable bonds is 2. The van der Waals surface area contributed by atoms with Crippen molar-refractivity contribution in [3.63, 3.8) is 0 Å². The third kappa shape index (κ3) is 1.94. The quantitative estimate of drug-likeness (QED) is 0.892. The van der Waals surface area contributed by atoms with Gasteiger partial charge in [0.1, 0.15) is 17.2 Å². The van der Waals surface area contributed by atoms with Gasteiger partial charge in [-0.1, -0.05) is 12.1 Å². The van der Waals surface area contributed by atoms with Crippen LogP contribution in [-0.4, -0.2) is 28.6 Å². The van der Waals surface area contributed by atoms with E-state index in [-0.39, 0.29) is 11.6 Å². The summed E-state index contributed by atoms with van der Waals surface area (Å²) in [5.41, 5.74) is 1.33. The summed E-state index contributed by atoms with van der Waals surface area (Å²) < 4.78 is 5.77. The van der Waals surface area contributed by atoms with E-state index in [9.17, 15) is 4.79 Å². The van der Waals surface area contributed by atoms with E-state index in [4.69, 9.17) is 4.42 Å². The molecule has 1 spiro atoms. The van der Waals surface area contributed by atoms with Crippen molar-refractivity contribution in [2.45, 2.75) is 50.5 Å². The molecule has 5 nitrogen and oxygen atoms in total. The third-order valence-corrected chi connectivity index (χ3v) is 5.77. The van der Waals surface area contributed by atoms with Crippen molar-refractivity contribution >= 4 is 11.6 Å². The molecule has 24 heavy (non-hydrogen) atoms. The zero-order valence-corrected chi connectivity index (χ0v) is 13.7. The van der Waals surface area contributed by atoms with Crippen molar-refractivity contribution in [3.05, 3.63) is 53.5 Å². The summed E-state index contributed by atoms with van der Waals surface area (Å²) >= 11 is 0. The van der Waals surface area contributed by atoms with Crippen LogP contribution in [0.25, 0.3) is 0 Å². The minimum Gasteiger partial charge on any atom is -0.465 e. The van der Waals surface area contributed by atoms with Gasteiger partial charge in [-0.2, -0.15) is 0 Å². The number of nitrogens with one attached hydrogen (secondary N) is 2. The molecule has 5 heteroatoms. The second kappa shape index (κ2) is 4.86. The molecule has 0 unspecified atom stereocenters. The van der Waals surface area contributed by atoms with Crippen LogP contribution in [0.2, 0.25) is 0 Å². The standard InChI is InChI=1S/C19H21N3O2/c1-12-6-8-14(24-12)11-22-13-7-9-17(22)19(10-13)20-16-5-3-2-4-15(16)18(23)21-19/h2-6,8,13,17,20H,7,9-11H2,1H3,(H,21,23)/t13-,17-,19+/m1/s1. The molecule has 1 amide bonds. The number of furan rings is 1. The molecule has 0 saturated carbocycles. The topological polar surface area (TPSA) is 57.5 Å². The molecule has 3 aliphatic heterocycles. The molecule has 2 saturated heterocycles. The Morgan fingerprint density at radius 2 is 2.08 bits per heavy atom. The average molecular weight is 323 g/mol. The summed E-state index contributed by atoms with van der Waals surface area (Å²) in [7, 11) is 0. The Labute approximate surface area is 141 Å². The van der Waals surface area contributed by atoms with Gasteiger partial charge in [0.05, 0.1) is 18.2 Å². The lowest BCUT2D eigenvalue weighted by Gasteiger charge is -2.43. The van der Waals surface area contributed by atoms with Gasteiger partial charge < -0.3 is 15.1 Å². The maximum atomic E-state index is 12.6. The highest BCUT2D eigenvalue weighted by molar-refractivity contribution is 6.02. The Hall–Kier alpha value is -2.27. The third-order valence-electron chi connectivity index (χ3n) is 5.77. The fourth-order valence-corrected chi connectivity index (χ4v) is 4.78. The highest BCUT2D eigenvalue weighted by Crippen LogP contribution is 2.47. The van der Waals surface area contributed by atoms with Crippen LogP contribution >= 0.6 is 0 Å². The monoisotopic (exact) mass is 323 g/mol. The summed E-state index contributed by atoms with van der Waals surface area (Å²) in [5, 5.41) is 6.93. The maximum absolute atomic E-state index is 12.6. The molecule has 1 aromatic heterocycles. The van der Waals surface area contributed by atoms with Crippen LogP contribution in [0.4, 0.5) is 5.69 Å². The lowest BCUT2D eigenvalue weighted by molar-refractivity contribution is 0.0868. The molecule has 3 aliphatic rings. The zero-order valence-electron chi connectivity index (χ0n) is 13.7. The van der Waals surface area contributed by atoms with Gasteiger partial charge >= 0.3 is 0 Å². The lowest BCUT2D eigenvalue weighted by Crippen LogP contribution is -2.64. The lowest BCUT2D eigenvalue weighted by atomic mass is 9.86. The van der Waals surface area contributed by atoms with Crippen LogP contribution in [-0.2, 0) is 6.54 Å². The van der Waals surface area contributed by atoms with Crippen LogP contribution in [0.1, 0.15) is 41.1 Å². The molecule has 2 fully saturated rings. The van der Waals surface area contributed by atoms with Gasteiger partial charge in [-0.25, -0.2) is 0 Å². The first kappa shape index (κ1) is 14.1. The molecule has 2 N–H and O–H groups in total. The van der Waals surface area contributed by atoms with Crippen molar-refractivity contribution in [1.82, 2.24) is 10.2 Å². The van der Waals surface area contributed by atoms with Crippen LogP contribution in [0.15, 0.2) is 40.8 Å². The summed E-state index contributed by atoms with van der Waals surface area (Å²) in [6.45, 7) is 2.79. The van der Waals surface area contributed by atoms with Gasteiger partial charge in [0.25, 0.3) is 5.91 Å². The van der Waals surface area contributed by atoms with Crippen LogP contribution in [0.5, 0.6) is 0 Å². The molecule has 5 rings (SSSR count). The highest BCUT2D eigenvalue weighted by atomic mass is 16.3. The van der Waals surface area contributed by atoms with Gasteiger partial charge in [0.2, 0.25) is 0 Å². The predicted molar refractivity (Wildman–Crippen MR) is 90.7 cm³/mol. The maximum Gasteiger partial charge on any atom is 0.255 e. The molecule has 124 valence electrons. The van der Waals surface area contributed by atoms with E-state index in [0.29, 0.717) is 12.1 Å². The smallest absolute Gasteiger partial charge is 0.255 e. The Balaban J connectivity index is 1.46. The molecular formula is C19H21N3O2. The van der Waals surface area contributed by atoms with Gasteiger partial charge in [0, 0.05) is 18.2 Å².